The third kappa shape index (κ3) is 3.36. The number of rotatable bonds is 4. The van der Waals surface area contributed by atoms with E-state index in [1.165, 1.54) is 19.3 Å². The van der Waals surface area contributed by atoms with Crippen molar-refractivity contribution in [2.24, 2.45) is 0 Å². The predicted octanol–water partition coefficient (Wildman–Crippen LogP) is 3.49. The first kappa shape index (κ1) is 12.7. The van der Waals surface area contributed by atoms with Crippen LogP contribution in [0.4, 0.5) is 0 Å². The highest BCUT2D eigenvalue weighted by atomic mass is 16.6. The summed E-state index contributed by atoms with van der Waals surface area (Å²) in [5, 5.41) is 0. The van der Waals surface area contributed by atoms with Crippen molar-refractivity contribution in [2.45, 2.75) is 38.2 Å². The number of carbonyl (C=O) groups is 1. The van der Waals surface area contributed by atoms with Crippen molar-refractivity contribution in [1.29, 1.82) is 0 Å². The molecule has 0 heterocycles. The van der Waals surface area contributed by atoms with E-state index in [-0.39, 0.29) is 6.10 Å². The van der Waals surface area contributed by atoms with Crippen LogP contribution in [0.25, 0.3) is 0 Å². The summed E-state index contributed by atoms with van der Waals surface area (Å²) in [5.41, 5.74) is 0. The summed E-state index contributed by atoms with van der Waals surface area (Å²) in [4.78, 5) is 11.2. The lowest BCUT2D eigenvalue weighted by atomic mass is 9.98. The van der Waals surface area contributed by atoms with Crippen molar-refractivity contribution in [2.75, 3.05) is 0 Å². The van der Waals surface area contributed by atoms with Crippen molar-refractivity contribution in [3.63, 3.8) is 0 Å². The molecule has 0 unspecified atom stereocenters. The lowest BCUT2D eigenvalue weighted by Crippen LogP contribution is -2.20. The Hall–Kier alpha value is -1.77. The smallest absolute Gasteiger partial charge is 0.335 e. The molecular formula is C15H18O3. The normalized spacial score (nSPS) is 16.0. The second kappa shape index (κ2) is 6.24. The maximum absolute atomic E-state index is 11.2. The quantitative estimate of drug-likeness (QED) is 0.463. The minimum Gasteiger partial charge on any atom is -0.487 e. The van der Waals surface area contributed by atoms with Crippen molar-refractivity contribution in [3.8, 4) is 11.5 Å². The van der Waals surface area contributed by atoms with Crippen LogP contribution in [0.1, 0.15) is 32.1 Å². The molecule has 0 spiro atoms. The fourth-order valence-electron chi connectivity index (χ4n) is 2.14. The second-order valence-corrected chi connectivity index (χ2v) is 4.45. The molecule has 1 aliphatic rings. The lowest BCUT2D eigenvalue weighted by molar-refractivity contribution is -0.129. The fraction of sp³-hybridized carbons (Fsp3) is 0.400. The van der Waals surface area contributed by atoms with E-state index in [0.717, 1.165) is 18.9 Å². The van der Waals surface area contributed by atoms with Crippen molar-refractivity contribution in [3.05, 3.63) is 36.9 Å². The minimum atomic E-state index is -0.463. The number of benzene rings is 1. The lowest BCUT2D eigenvalue weighted by Gasteiger charge is -2.23. The summed E-state index contributed by atoms with van der Waals surface area (Å²) in [6.07, 6.45) is 7.23. The molecule has 1 aromatic carbocycles. The molecule has 0 atom stereocenters. The van der Waals surface area contributed by atoms with Crippen LogP contribution in [0.15, 0.2) is 36.9 Å². The van der Waals surface area contributed by atoms with Gasteiger partial charge in [-0.25, -0.2) is 4.79 Å². The van der Waals surface area contributed by atoms with Gasteiger partial charge < -0.3 is 9.47 Å². The second-order valence-electron chi connectivity index (χ2n) is 4.45. The van der Waals surface area contributed by atoms with E-state index in [2.05, 4.69) is 6.58 Å². The number of hydrogen-bond acceptors (Lipinski definition) is 3. The number of para-hydroxylation sites is 2. The topological polar surface area (TPSA) is 35.5 Å². The van der Waals surface area contributed by atoms with Crippen LogP contribution in [-0.4, -0.2) is 12.1 Å². The van der Waals surface area contributed by atoms with Crippen LogP contribution in [0.2, 0.25) is 0 Å². The summed E-state index contributed by atoms with van der Waals surface area (Å²) in [6.45, 7) is 3.39. The molecule has 0 saturated heterocycles. The zero-order valence-electron chi connectivity index (χ0n) is 10.4. The van der Waals surface area contributed by atoms with Gasteiger partial charge in [-0.1, -0.05) is 25.1 Å². The van der Waals surface area contributed by atoms with Gasteiger partial charge >= 0.3 is 5.97 Å². The molecule has 1 fully saturated rings. The first-order chi connectivity index (χ1) is 8.79. The monoisotopic (exact) mass is 246 g/mol. The Labute approximate surface area is 107 Å². The van der Waals surface area contributed by atoms with Gasteiger partial charge in [-0.05, 0) is 37.8 Å². The van der Waals surface area contributed by atoms with Crippen molar-refractivity contribution >= 4 is 5.97 Å². The molecule has 1 aromatic rings. The molecule has 0 bridgehead atoms. The molecule has 0 amide bonds. The number of hydrogen-bond donors (Lipinski definition) is 0. The highest BCUT2D eigenvalue weighted by molar-refractivity contribution is 5.83. The highest BCUT2D eigenvalue weighted by Gasteiger charge is 2.17. The zero-order valence-corrected chi connectivity index (χ0v) is 10.4. The van der Waals surface area contributed by atoms with Gasteiger partial charge in [-0.15, -0.1) is 0 Å². The average Bonchev–Trinajstić information content (AvgIpc) is 2.42. The van der Waals surface area contributed by atoms with E-state index in [0.29, 0.717) is 11.5 Å². The van der Waals surface area contributed by atoms with Gasteiger partial charge in [0, 0.05) is 6.08 Å². The predicted molar refractivity (Wildman–Crippen MR) is 69.8 cm³/mol. The molecule has 0 aromatic heterocycles. The molecule has 3 heteroatoms. The third-order valence-corrected chi connectivity index (χ3v) is 3.07. The minimum absolute atomic E-state index is 0.238. The fourth-order valence-corrected chi connectivity index (χ4v) is 2.14. The average molecular weight is 246 g/mol. The van der Waals surface area contributed by atoms with Gasteiger partial charge in [-0.3, -0.25) is 0 Å². The van der Waals surface area contributed by atoms with Crippen LogP contribution in [0, 0.1) is 0 Å². The Balaban J connectivity index is 2.06. The molecular weight excluding hydrogens is 228 g/mol. The van der Waals surface area contributed by atoms with Gasteiger partial charge in [0.2, 0.25) is 0 Å². The molecule has 0 aliphatic heterocycles. The SMILES string of the molecule is C=CC(=O)Oc1ccccc1OC1CCCCC1. The van der Waals surface area contributed by atoms with Gasteiger partial charge in [0.05, 0.1) is 6.10 Å². The summed E-state index contributed by atoms with van der Waals surface area (Å²) >= 11 is 0. The van der Waals surface area contributed by atoms with E-state index >= 15 is 0 Å². The van der Waals surface area contributed by atoms with Crippen molar-refractivity contribution in [1.82, 2.24) is 0 Å². The van der Waals surface area contributed by atoms with Gasteiger partial charge in [0.15, 0.2) is 11.5 Å². The Kier molecular flexibility index (Phi) is 4.40. The number of ether oxygens (including phenoxy) is 2. The van der Waals surface area contributed by atoms with E-state index in [1.54, 1.807) is 6.07 Å². The molecule has 1 aliphatic carbocycles. The molecule has 2 rings (SSSR count). The summed E-state index contributed by atoms with van der Waals surface area (Å²) in [5.74, 6) is 0.641. The highest BCUT2D eigenvalue weighted by Crippen LogP contribution is 2.30. The van der Waals surface area contributed by atoms with E-state index < -0.39 is 5.97 Å². The van der Waals surface area contributed by atoms with Crippen LogP contribution in [-0.2, 0) is 4.79 Å². The largest absolute Gasteiger partial charge is 0.487 e. The Morgan fingerprint density at radius 1 is 1.17 bits per heavy atom. The van der Waals surface area contributed by atoms with Crippen LogP contribution < -0.4 is 9.47 Å². The van der Waals surface area contributed by atoms with E-state index in [1.807, 2.05) is 18.2 Å². The van der Waals surface area contributed by atoms with Crippen LogP contribution in [0.5, 0.6) is 11.5 Å². The van der Waals surface area contributed by atoms with E-state index in [9.17, 15) is 4.79 Å². The summed E-state index contributed by atoms with van der Waals surface area (Å²) in [7, 11) is 0. The Morgan fingerprint density at radius 3 is 2.50 bits per heavy atom. The maximum atomic E-state index is 11.2. The molecule has 0 radical (unpaired) electrons. The first-order valence-electron chi connectivity index (χ1n) is 6.39. The number of carbonyl (C=O) groups excluding carboxylic acids is 1. The molecule has 96 valence electrons. The molecule has 1 saturated carbocycles. The van der Waals surface area contributed by atoms with Gasteiger partial charge in [-0.2, -0.15) is 0 Å². The zero-order chi connectivity index (χ0) is 12.8. The van der Waals surface area contributed by atoms with Crippen LogP contribution in [0.3, 0.4) is 0 Å². The standard InChI is InChI=1S/C15H18O3/c1-2-15(16)18-14-11-7-6-10-13(14)17-12-8-4-3-5-9-12/h2,6-7,10-12H,1,3-5,8-9H2. The Morgan fingerprint density at radius 2 is 1.83 bits per heavy atom. The third-order valence-electron chi connectivity index (χ3n) is 3.07. The molecule has 3 nitrogen and oxygen atoms in total. The molecule has 18 heavy (non-hydrogen) atoms. The van der Waals surface area contributed by atoms with Crippen molar-refractivity contribution < 1.29 is 14.3 Å². The molecule has 0 N–H and O–H groups in total. The van der Waals surface area contributed by atoms with Gasteiger partial charge in [0.25, 0.3) is 0 Å². The first-order valence-corrected chi connectivity index (χ1v) is 6.39. The Bertz CT molecular complexity index is 420. The van der Waals surface area contributed by atoms with Gasteiger partial charge in [0.1, 0.15) is 0 Å². The number of esters is 1. The van der Waals surface area contributed by atoms with Crippen LogP contribution >= 0.6 is 0 Å². The summed E-state index contributed by atoms with van der Waals surface area (Å²) in [6, 6.07) is 7.27. The van der Waals surface area contributed by atoms with E-state index in [4.69, 9.17) is 9.47 Å². The maximum Gasteiger partial charge on any atom is 0.335 e. The summed E-state index contributed by atoms with van der Waals surface area (Å²) < 4.78 is 11.1.